The van der Waals surface area contributed by atoms with E-state index < -0.39 is 37.6 Å². The lowest BCUT2D eigenvalue weighted by atomic mass is 10.0. The first-order valence-corrected chi connectivity index (χ1v) is 8.94. The lowest BCUT2D eigenvalue weighted by molar-refractivity contribution is 0.00291. The summed E-state index contributed by atoms with van der Waals surface area (Å²) >= 11 is 9.56. The predicted molar refractivity (Wildman–Crippen MR) is 92.0 cm³/mol. The number of thiocarbonyl (C=S) groups is 1. The van der Waals surface area contributed by atoms with Crippen molar-refractivity contribution >= 4 is 60.7 Å². The third-order valence-electron chi connectivity index (χ3n) is 3.25. The second kappa shape index (κ2) is 6.19. The minimum Gasteiger partial charge on any atom is -0.369 e. The van der Waals surface area contributed by atoms with Crippen LogP contribution in [0.1, 0.15) is 0 Å². The van der Waals surface area contributed by atoms with Gasteiger partial charge in [0.15, 0.2) is 17.7 Å². The third kappa shape index (κ3) is 3.37. The van der Waals surface area contributed by atoms with E-state index in [0.717, 1.165) is 0 Å². The molecule has 2 aliphatic heterocycles. The number of aliphatic imine (C=N–C) groups is 1. The summed E-state index contributed by atoms with van der Waals surface area (Å²) in [5.74, 6) is 0.0109. The van der Waals surface area contributed by atoms with Gasteiger partial charge in [-0.15, -0.1) is 0 Å². The molecule has 6 N–H and O–H groups in total. The largest absolute Gasteiger partial charge is 0.469 e. The lowest BCUT2D eigenvalue weighted by Gasteiger charge is -2.37. The molecule has 3 heterocycles. The highest BCUT2D eigenvalue weighted by molar-refractivity contribution is 7.88. The maximum absolute atomic E-state index is 11.9. The highest BCUT2D eigenvalue weighted by Gasteiger charge is 2.41. The molecule has 0 saturated carbocycles. The maximum atomic E-state index is 11.9. The van der Waals surface area contributed by atoms with Crippen molar-refractivity contribution < 1.29 is 23.6 Å². The first kappa shape index (κ1) is 17.5. The summed E-state index contributed by atoms with van der Waals surface area (Å²) in [6.45, 7) is -0.429. The molecule has 3 atom stereocenters. The standard InChI is InChI=1S/C10H12N5O6PS2/c11-10-14-7-4(8(16)15-10)12-3-6(24)5(23)2(21-9(3)13-7)1-20-22(17,18)19/h2,5,9,23H,1H2,(H2,17,18,19)(H4,11,13,14,15,16)/t2-,5?,9-/m1/s1. The van der Waals surface area contributed by atoms with Gasteiger partial charge in [-0.1, -0.05) is 12.2 Å². The molecule has 2 aliphatic rings. The van der Waals surface area contributed by atoms with Crippen LogP contribution in [-0.4, -0.2) is 54.5 Å². The molecule has 0 radical (unpaired) electrons. The van der Waals surface area contributed by atoms with Crippen molar-refractivity contribution in [3.63, 3.8) is 0 Å². The summed E-state index contributed by atoms with van der Waals surface area (Å²) in [5.41, 5.74) is 5.21. The van der Waals surface area contributed by atoms with Crippen LogP contribution in [0.15, 0.2) is 9.79 Å². The molecule has 14 heteroatoms. The van der Waals surface area contributed by atoms with Gasteiger partial charge in [0.2, 0.25) is 5.95 Å². The van der Waals surface area contributed by atoms with Crippen LogP contribution in [-0.2, 0) is 13.8 Å². The van der Waals surface area contributed by atoms with Gasteiger partial charge in [0.05, 0.1) is 16.7 Å². The number of aromatic nitrogens is 2. The second-order valence-corrected chi connectivity index (χ2v) is 7.18. The molecule has 24 heavy (non-hydrogen) atoms. The number of ether oxygens (including phenoxy) is 1. The maximum Gasteiger partial charge on any atom is 0.469 e. The molecule has 0 bridgehead atoms. The molecule has 1 aromatic rings. The number of nitrogens with one attached hydrogen (secondary N) is 2. The van der Waals surface area contributed by atoms with Crippen LogP contribution in [0.5, 0.6) is 0 Å². The van der Waals surface area contributed by atoms with E-state index in [9.17, 15) is 9.36 Å². The summed E-state index contributed by atoms with van der Waals surface area (Å²) in [7, 11) is -4.66. The minimum absolute atomic E-state index is 0.00634. The lowest BCUT2D eigenvalue weighted by Crippen LogP contribution is -2.54. The summed E-state index contributed by atoms with van der Waals surface area (Å²) in [5, 5.41) is 2.12. The number of nitrogens with two attached hydrogens (primary N) is 1. The monoisotopic (exact) mass is 393 g/mol. The molecule has 0 aromatic carbocycles. The van der Waals surface area contributed by atoms with E-state index in [1.165, 1.54) is 0 Å². The molecule has 1 fully saturated rings. The number of phosphoric acid groups is 1. The topological polar surface area (TPSA) is 172 Å². The molecular weight excluding hydrogens is 381 g/mol. The van der Waals surface area contributed by atoms with Crippen LogP contribution >= 0.6 is 32.7 Å². The zero-order valence-corrected chi connectivity index (χ0v) is 14.3. The molecule has 1 aromatic heterocycles. The second-order valence-electron chi connectivity index (χ2n) is 4.94. The van der Waals surface area contributed by atoms with Crippen LogP contribution in [0.25, 0.3) is 0 Å². The molecule has 1 unspecified atom stereocenters. The number of hydrogen-bond acceptors (Lipinski definition) is 10. The number of nitrogen functional groups attached to an aromatic ring is 1. The first-order valence-electron chi connectivity index (χ1n) is 6.48. The zero-order valence-electron chi connectivity index (χ0n) is 11.7. The van der Waals surface area contributed by atoms with Crippen molar-refractivity contribution in [2.24, 2.45) is 4.99 Å². The average molecular weight is 393 g/mol. The Morgan fingerprint density at radius 1 is 1.50 bits per heavy atom. The molecule has 0 aliphatic carbocycles. The van der Waals surface area contributed by atoms with Gasteiger partial charge >= 0.3 is 7.82 Å². The van der Waals surface area contributed by atoms with Crippen molar-refractivity contribution in [2.75, 3.05) is 17.7 Å². The number of fused-ring (bicyclic) bond motifs is 2. The Labute approximate surface area is 145 Å². The highest BCUT2D eigenvalue weighted by Crippen LogP contribution is 2.37. The van der Waals surface area contributed by atoms with E-state index in [0.29, 0.717) is 0 Å². The summed E-state index contributed by atoms with van der Waals surface area (Å²) in [6.07, 6.45) is -1.71. The van der Waals surface area contributed by atoms with Gasteiger partial charge in [0.1, 0.15) is 11.8 Å². The van der Waals surface area contributed by atoms with Gasteiger partial charge in [-0.05, 0) is 0 Å². The van der Waals surface area contributed by atoms with Crippen LogP contribution in [0.2, 0.25) is 0 Å². The smallest absolute Gasteiger partial charge is 0.369 e. The Hall–Kier alpha value is -1.34. The van der Waals surface area contributed by atoms with E-state index in [2.05, 4.69) is 37.4 Å². The summed E-state index contributed by atoms with van der Waals surface area (Å²) < 4.78 is 20.9. The molecule has 0 spiro atoms. The fourth-order valence-corrected chi connectivity index (χ4v) is 3.15. The number of hydrogen-bond donors (Lipinski definition) is 6. The van der Waals surface area contributed by atoms with Crippen LogP contribution in [0.3, 0.4) is 0 Å². The van der Waals surface area contributed by atoms with E-state index in [-0.39, 0.29) is 28.0 Å². The van der Waals surface area contributed by atoms with Gasteiger partial charge in [-0.3, -0.25) is 14.3 Å². The molecule has 130 valence electrons. The fraction of sp³-hybridized carbons (Fsp3) is 0.400. The minimum atomic E-state index is -4.66. The number of thiol groups is 1. The molecular formula is C10H12N5O6PS2. The van der Waals surface area contributed by atoms with Crippen molar-refractivity contribution in [3.8, 4) is 0 Å². The number of aromatic amines is 1. The summed E-state index contributed by atoms with van der Waals surface area (Å²) in [6, 6.07) is 0. The molecule has 3 rings (SSSR count). The first-order chi connectivity index (χ1) is 11.2. The van der Waals surface area contributed by atoms with Gasteiger partial charge in [-0.25, -0.2) is 9.56 Å². The van der Waals surface area contributed by atoms with E-state index in [4.69, 9.17) is 32.5 Å². The van der Waals surface area contributed by atoms with Gasteiger partial charge in [0, 0.05) is 0 Å². The van der Waals surface area contributed by atoms with Gasteiger partial charge in [-0.2, -0.15) is 17.6 Å². The van der Waals surface area contributed by atoms with Crippen LogP contribution in [0, 0.1) is 0 Å². The third-order valence-corrected chi connectivity index (χ3v) is 4.97. The van der Waals surface area contributed by atoms with Crippen molar-refractivity contribution in [1.82, 2.24) is 9.97 Å². The number of anilines is 2. The van der Waals surface area contributed by atoms with Gasteiger partial charge in [0.25, 0.3) is 5.56 Å². The quantitative estimate of drug-likeness (QED) is 0.220. The molecule has 1 saturated heterocycles. The number of rotatable bonds is 3. The average Bonchev–Trinajstić information content (AvgIpc) is 2.47. The van der Waals surface area contributed by atoms with Crippen LogP contribution in [0.4, 0.5) is 17.5 Å². The SMILES string of the molecule is Nc1nc2c(c(=O)[nH]1)N=C1C(=S)C(S)[C@@H](COP(=O)(O)O)O[C@H]1N2. The normalized spacial score (nSPS) is 26.2. The Balaban J connectivity index is 1.90. The van der Waals surface area contributed by atoms with Crippen LogP contribution < -0.4 is 16.6 Å². The summed E-state index contributed by atoms with van der Waals surface area (Å²) in [4.78, 5) is 40.2. The van der Waals surface area contributed by atoms with Crippen molar-refractivity contribution in [2.45, 2.75) is 17.6 Å². The Kier molecular flexibility index (Phi) is 4.51. The van der Waals surface area contributed by atoms with E-state index in [1.54, 1.807) is 0 Å². The number of phosphoric ester groups is 1. The van der Waals surface area contributed by atoms with E-state index >= 15 is 0 Å². The predicted octanol–water partition coefficient (Wildman–Crippen LogP) is -0.647. The fourth-order valence-electron chi connectivity index (χ4n) is 2.21. The highest BCUT2D eigenvalue weighted by atomic mass is 32.1. The Morgan fingerprint density at radius 2 is 2.21 bits per heavy atom. The van der Waals surface area contributed by atoms with Crippen molar-refractivity contribution in [1.29, 1.82) is 0 Å². The Bertz CT molecular complexity index is 838. The number of nitrogens with zero attached hydrogens (tertiary/aromatic N) is 2. The zero-order chi connectivity index (χ0) is 17.6. The molecule has 0 amide bonds. The van der Waals surface area contributed by atoms with Gasteiger partial charge < -0.3 is 25.6 Å². The Morgan fingerprint density at radius 3 is 2.88 bits per heavy atom. The number of H-pyrrole nitrogens is 1. The molecule has 11 nitrogen and oxygen atoms in total. The van der Waals surface area contributed by atoms with E-state index in [1.807, 2.05) is 0 Å². The van der Waals surface area contributed by atoms with Crippen molar-refractivity contribution in [3.05, 3.63) is 10.4 Å².